The lowest BCUT2D eigenvalue weighted by atomic mass is 9.97. The van der Waals surface area contributed by atoms with Crippen molar-refractivity contribution < 1.29 is 5.11 Å². The van der Waals surface area contributed by atoms with Crippen molar-refractivity contribution in [1.29, 1.82) is 0 Å². The Balaban J connectivity index is 2.41. The molecule has 0 saturated heterocycles. The molecule has 1 N–H and O–H groups in total. The van der Waals surface area contributed by atoms with Gasteiger partial charge in [0.15, 0.2) is 0 Å². The molecule has 0 bridgehead atoms. The van der Waals surface area contributed by atoms with Gasteiger partial charge < -0.3 is 5.11 Å². The summed E-state index contributed by atoms with van der Waals surface area (Å²) in [6.45, 7) is 6.39. The molecular formula is C16H26O. The van der Waals surface area contributed by atoms with E-state index in [1.165, 1.54) is 36.8 Å². The Kier molecular flexibility index (Phi) is 6.28. The predicted octanol–water partition coefficient (Wildman–Crippen LogP) is 4.70. The molecule has 1 unspecified atom stereocenters. The van der Waals surface area contributed by atoms with Crippen LogP contribution in [0.2, 0.25) is 0 Å². The monoisotopic (exact) mass is 234 g/mol. The van der Waals surface area contributed by atoms with Crippen molar-refractivity contribution in [1.82, 2.24) is 0 Å². The maximum absolute atomic E-state index is 10.2. The number of aliphatic hydroxyl groups excluding tert-OH is 1. The average Bonchev–Trinajstić information content (AvgIpc) is 2.32. The minimum Gasteiger partial charge on any atom is -0.388 e. The first-order chi connectivity index (χ1) is 8.15. The molecule has 1 aromatic carbocycles. The molecule has 0 aliphatic rings. The summed E-state index contributed by atoms with van der Waals surface area (Å²) >= 11 is 0. The third-order valence-corrected chi connectivity index (χ3v) is 3.37. The molecule has 0 aliphatic carbocycles. The first kappa shape index (κ1) is 14.2. The Bertz CT molecular complexity index is 330. The number of aryl methyl sites for hydroxylation is 2. The molecule has 1 nitrogen and oxygen atoms in total. The first-order valence-electron chi connectivity index (χ1n) is 6.90. The minimum absolute atomic E-state index is 0.281. The summed E-state index contributed by atoms with van der Waals surface area (Å²) in [6.07, 6.45) is 6.89. The van der Waals surface area contributed by atoms with Gasteiger partial charge in [0.05, 0.1) is 6.10 Å². The molecule has 0 aromatic heterocycles. The van der Waals surface area contributed by atoms with Gasteiger partial charge in [0.1, 0.15) is 0 Å². The zero-order valence-electron chi connectivity index (χ0n) is 11.5. The Morgan fingerprint density at radius 1 is 1.06 bits per heavy atom. The number of hydrogen-bond acceptors (Lipinski definition) is 1. The normalized spacial score (nSPS) is 12.7. The van der Waals surface area contributed by atoms with Crippen LogP contribution >= 0.6 is 0 Å². The van der Waals surface area contributed by atoms with Gasteiger partial charge in [0.25, 0.3) is 0 Å². The van der Waals surface area contributed by atoms with Crippen molar-refractivity contribution >= 4 is 0 Å². The third kappa shape index (κ3) is 4.91. The summed E-state index contributed by atoms with van der Waals surface area (Å²) in [4.78, 5) is 0. The van der Waals surface area contributed by atoms with Gasteiger partial charge in [-0.1, -0.05) is 62.8 Å². The van der Waals surface area contributed by atoms with Crippen molar-refractivity contribution in [3.8, 4) is 0 Å². The van der Waals surface area contributed by atoms with Gasteiger partial charge in [-0.2, -0.15) is 0 Å². The van der Waals surface area contributed by atoms with Gasteiger partial charge in [0, 0.05) is 0 Å². The maximum Gasteiger partial charge on any atom is 0.0792 e. The van der Waals surface area contributed by atoms with Gasteiger partial charge in [-0.25, -0.2) is 0 Å². The SMILES string of the molecule is CCCCCCCC(O)c1cc(C)ccc1C. The van der Waals surface area contributed by atoms with Gasteiger partial charge in [-0.15, -0.1) is 0 Å². The van der Waals surface area contributed by atoms with Crippen LogP contribution in [0.3, 0.4) is 0 Å². The van der Waals surface area contributed by atoms with Crippen molar-refractivity contribution in [2.45, 2.75) is 65.4 Å². The molecule has 1 atom stereocenters. The number of benzene rings is 1. The third-order valence-electron chi connectivity index (χ3n) is 3.37. The highest BCUT2D eigenvalue weighted by Crippen LogP contribution is 2.24. The predicted molar refractivity (Wildman–Crippen MR) is 74.3 cm³/mol. The highest BCUT2D eigenvalue weighted by Gasteiger charge is 2.09. The molecule has 96 valence electrons. The zero-order chi connectivity index (χ0) is 12.7. The van der Waals surface area contributed by atoms with Gasteiger partial charge in [-0.05, 0) is 31.4 Å². The van der Waals surface area contributed by atoms with E-state index in [2.05, 4.69) is 39.0 Å². The van der Waals surface area contributed by atoms with E-state index in [1.807, 2.05) is 0 Å². The lowest BCUT2D eigenvalue weighted by Gasteiger charge is -2.14. The Morgan fingerprint density at radius 2 is 1.76 bits per heavy atom. The van der Waals surface area contributed by atoms with E-state index in [0.717, 1.165) is 18.4 Å². The van der Waals surface area contributed by atoms with Crippen molar-refractivity contribution in [2.75, 3.05) is 0 Å². The van der Waals surface area contributed by atoms with Gasteiger partial charge in [0.2, 0.25) is 0 Å². The molecular weight excluding hydrogens is 208 g/mol. The quantitative estimate of drug-likeness (QED) is 0.678. The number of hydrogen-bond donors (Lipinski definition) is 1. The lowest BCUT2D eigenvalue weighted by molar-refractivity contribution is 0.162. The number of unbranched alkanes of at least 4 members (excludes halogenated alkanes) is 4. The zero-order valence-corrected chi connectivity index (χ0v) is 11.5. The van der Waals surface area contributed by atoms with Crippen LogP contribution in [0.5, 0.6) is 0 Å². The van der Waals surface area contributed by atoms with E-state index in [4.69, 9.17) is 0 Å². The van der Waals surface area contributed by atoms with Crippen LogP contribution in [-0.4, -0.2) is 5.11 Å². The molecule has 0 amide bonds. The van der Waals surface area contributed by atoms with Crippen LogP contribution in [0.1, 0.15) is 68.2 Å². The van der Waals surface area contributed by atoms with E-state index in [9.17, 15) is 5.11 Å². The lowest BCUT2D eigenvalue weighted by Crippen LogP contribution is -2.00. The molecule has 1 rings (SSSR count). The van der Waals surface area contributed by atoms with Crippen molar-refractivity contribution in [3.05, 3.63) is 34.9 Å². The number of rotatable bonds is 7. The van der Waals surface area contributed by atoms with Crippen LogP contribution in [0.25, 0.3) is 0 Å². The second-order valence-corrected chi connectivity index (χ2v) is 5.08. The molecule has 1 heteroatoms. The minimum atomic E-state index is -0.281. The molecule has 0 saturated carbocycles. The van der Waals surface area contributed by atoms with Crippen molar-refractivity contribution in [2.24, 2.45) is 0 Å². The molecule has 1 aromatic rings. The molecule has 0 heterocycles. The van der Waals surface area contributed by atoms with E-state index in [-0.39, 0.29) is 6.10 Å². The summed E-state index contributed by atoms with van der Waals surface area (Å²) in [7, 11) is 0. The second kappa shape index (κ2) is 7.50. The van der Waals surface area contributed by atoms with E-state index in [0.29, 0.717) is 0 Å². The highest BCUT2D eigenvalue weighted by molar-refractivity contribution is 5.32. The highest BCUT2D eigenvalue weighted by atomic mass is 16.3. The topological polar surface area (TPSA) is 20.2 Å². The fraction of sp³-hybridized carbons (Fsp3) is 0.625. The standard InChI is InChI=1S/C16H26O/c1-4-5-6-7-8-9-16(17)15-12-13(2)10-11-14(15)3/h10-12,16-17H,4-9H2,1-3H3. The van der Waals surface area contributed by atoms with Crippen LogP contribution in [0, 0.1) is 13.8 Å². The molecule has 0 spiro atoms. The second-order valence-electron chi connectivity index (χ2n) is 5.08. The fourth-order valence-electron chi connectivity index (χ4n) is 2.22. The Morgan fingerprint density at radius 3 is 2.47 bits per heavy atom. The fourth-order valence-corrected chi connectivity index (χ4v) is 2.22. The van der Waals surface area contributed by atoms with Crippen LogP contribution in [0.4, 0.5) is 0 Å². The van der Waals surface area contributed by atoms with Gasteiger partial charge in [-0.3, -0.25) is 0 Å². The summed E-state index contributed by atoms with van der Waals surface area (Å²) in [6, 6.07) is 6.32. The Labute approximate surface area is 106 Å². The smallest absolute Gasteiger partial charge is 0.0792 e. The summed E-state index contributed by atoms with van der Waals surface area (Å²) in [5, 5.41) is 10.2. The summed E-state index contributed by atoms with van der Waals surface area (Å²) in [5.74, 6) is 0. The van der Waals surface area contributed by atoms with Crippen molar-refractivity contribution in [3.63, 3.8) is 0 Å². The van der Waals surface area contributed by atoms with Crippen LogP contribution < -0.4 is 0 Å². The molecule has 0 aliphatic heterocycles. The van der Waals surface area contributed by atoms with E-state index < -0.39 is 0 Å². The van der Waals surface area contributed by atoms with Crippen LogP contribution in [-0.2, 0) is 0 Å². The van der Waals surface area contributed by atoms with Crippen LogP contribution in [0.15, 0.2) is 18.2 Å². The molecule has 0 radical (unpaired) electrons. The van der Waals surface area contributed by atoms with Gasteiger partial charge >= 0.3 is 0 Å². The Hall–Kier alpha value is -0.820. The molecule has 17 heavy (non-hydrogen) atoms. The largest absolute Gasteiger partial charge is 0.388 e. The summed E-state index contributed by atoms with van der Waals surface area (Å²) < 4.78 is 0. The average molecular weight is 234 g/mol. The molecule has 0 fully saturated rings. The summed E-state index contributed by atoms with van der Waals surface area (Å²) in [5.41, 5.74) is 3.55. The van der Waals surface area contributed by atoms with E-state index in [1.54, 1.807) is 0 Å². The number of aliphatic hydroxyl groups is 1. The first-order valence-corrected chi connectivity index (χ1v) is 6.90. The van der Waals surface area contributed by atoms with E-state index >= 15 is 0 Å². The maximum atomic E-state index is 10.2.